The quantitative estimate of drug-likeness (QED) is 0.908. The lowest BCUT2D eigenvalue weighted by molar-refractivity contribution is 0.417. The van der Waals surface area contributed by atoms with E-state index < -0.39 is 10.0 Å². The van der Waals surface area contributed by atoms with Crippen LogP contribution in [0.1, 0.15) is 11.3 Å². The van der Waals surface area contributed by atoms with Gasteiger partial charge in [0, 0.05) is 11.1 Å². The van der Waals surface area contributed by atoms with E-state index in [1.54, 1.807) is 26.0 Å². The Bertz CT molecular complexity index is 740. The van der Waals surface area contributed by atoms with Crippen LogP contribution < -0.4 is 9.46 Å². The number of halogens is 1. The number of benzene rings is 1. The Morgan fingerprint density at radius 1 is 1.35 bits per heavy atom. The van der Waals surface area contributed by atoms with Crippen molar-refractivity contribution in [3.63, 3.8) is 0 Å². The van der Waals surface area contributed by atoms with Crippen LogP contribution in [0.2, 0.25) is 5.02 Å². The maximum atomic E-state index is 12.3. The Labute approximate surface area is 122 Å². The van der Waals surface area contributed by atoms with Crippen molar-refractivity contribution in [2.75, 3.05) is 11.8 Å². The van der Waals surface area contributed by atoms with Gasteiger partial charge in [0.05, 0.1) is 24.7 Å². The highest BCUT2D eigenvalue weighted by Gasteiger charge is 2.20. The smallest absolute Gasteiger partial charge is 0.265 e. The van der Waals surface area contributed by atoms with Crippen LogP contribution in [-0.4, -0.2) is 25.7 Å². The number of aryl methyl sites for hydroxylation is 2. The van der Waals surface area contributed by atoms with E-state index in [2.05, 4.69) is 14.9 Å². The molecule has 1 aromatic carbocycles. The second-order valence-electron chi connectivity index (χ2n) is 4.27. The van der Waals surface area contributed by atoms with Gasteiger partial charge in [-0.2, -0.15) is 5.10 Å². The Balaban J connectivity index is 2.44. The normalized spacial score (nSPS) is 11.4. The summed E-state index contributed by atoms with van der Waals surface area (Å²) in [6, 6.07) is 3.19. The summed E-state index contributed by atoms with van der Waals surface area (Å²) in [5, 5.41) is 6.80. The fourth-order valence-electron chi connectivity index (χ4n) is 1.72. The maximum absolute atomic E-state index is 12.3. The summed E-state index contributed by atoms with van der Waals surface area (Å²) in [5.41, 5.74) is 1.53. The first-order valence-corrected chi connectivity index (χ1v) is 7.58. The number of aromatic amines is 1. The summed E-state index contributed by atoms with van der Waals surface area (Å²) < 4.78 is 32.2. The van der Waals surface area contributed by atoms with Crippen LogP contribution in [0.3, 0.4) is 0 Å². The summed E-state index contributed by atoms with van der Waals surface area (Å²) >= 11 is 5.99. The predicted molar refractivity (Wildman–Crippen MR) is 76.9 cm³/mol. The van der Waals surface area contributed by atoms with Crippen LogP contribution in [0, 0.1) is 13.8 Å². The molecule has 8 heteroatoms. The van der Waals surface area contributed by atoms with Crippen LogP contribution >= 0.6 is 11.6 Å². The van der Waals surface area contributed by atoms with Gasteiger partial charge in [0.1, 0.15) is 10.6 Å². The standard InChI is InChI=1S/C12H14ClN3O3S/c1-7-4-10(11(19-3)5-9(7)13)16-20(17,18)12-6-14-15-8(12)2/h4-6,16H,1-3H3,(H,14,15). The Kier molecular flexibility index (Phi) is 3.92. The van der Waals surface area contributed by atoms with Crippen molar-refractivity contribution >= 4 is 27.3 Å². The molecule has 1 aromatic heterocycles. The number of methoxy groups -OCH3 is 1. The number of nitrogens with one attached hydrogen (secondary N) is 2. The summed E-state index contributed by atoms with van der Waals surface area (Å²) in [5.74, 6) is 0.352. The summed E-state index contributed by atoms with van der Waals surface area (Å²) in [6.07, 6.45) is 1.26. The number of aromatic nitrogens is 2. The molecule has 0 bridgehead atoms. The molecule has 108 valence electrons. The molecule has 0 spiro atoms. The molecule has 0 amide bonds. The molecule has 0 radical (unpaired) electrons. The fourth-order valence-corrected chi connectivity index (χ4v) is 3.08. The van der Waals surface area contributed by atoms with Gasteiger partial charge in [-0.25, -0.2) is 8.42 Å². The summed E-state index contributed by atoms with van der Waals surface area (Å²) in [4.78, 5) is 0.0900. The molecule has 20 heavy (non-hydrogen) atoms. The van der Waals surface area contributed by atoms with Crippen molar-refractivity contribution < 1.29 is 13.2 Å². The van der Waals surface area contributed by atoms with Gasteiger partial charge in [-0.1, -0.05) is 11.6 Å². The van der Waals surface area contributed by atoms with Gasteiger partial charge >= 0.3 is 0 Å². The van der Waals surface area contributed by atoms with Gasteiger partial charge in [-0.3, -0.25) is 9.82 Å². The first kappa shape index (κ1) is 14.7. The van der Waals surface area contributed by atoms with E-state index in [0.29, 0.717) is 22.2 Å². The largest absolute Gasteiger partial charge is 0.495 e. The lowest BCUT2D eigenvalue weighted by Gasteiger charge is -2.13. The zero-order valence-electron chi connectivity index (χ0n) is 11.2. The third kappa shape index (κ3) is 2.73. The van der Waals surface area contributed by atoms with E-state index in [-0.39, 0.29) is 4.90 Å². The SMILES string of the molecule is COc1cc(Cl)c(C)cc1NS(=O)(=O)c1cn[nH]c1C. The molecule has 2 rings (SSSR count). The molecule has 0 unspecified atom stereocenters. The minimum Gasteiger partial charge on any atom is -0.495 e. The van der Waals surface area contributed by atoms with E-state index in [1.165, 1.54) is 13.3 Å². The van der Waals surface area contributed by atoms with Crippen molar-refractivity contribution in [2.24, 2.45) is 0 Å². The molecule has 0 aliphatic rings. The molecule has 2 N–H and O–H groups in total. The predicted octanol–water partition coefficient (Wildman–Crippen LogP) is 2.49. The third-order valence-corrected chi connectivity index (χ3v) is 4.68. The van der Waals surface area contributed by atoms with Gasteiger partial charge in [-0.15, -0.1) is 0 Å². The van der Waals surface area contributed by atoms with Crippen LogP contribution in [0.15, 0.2) is 23.2 Å². The first-order valence-electron chi connectivity index (χ1n) is 5.72. The van der Waals surface area contributed by atoms with Gasteiger partial charge in [-0.05, 0) is 25.5 Å². The Hall–Kier alpha value is -1.73. The monoisotopic (exact) mass is 315 g/mol. The molecule has 0 saturated heterocycles. The average molecular weight is 316 g/mol. The highest BCUT2D eigenvalue weighted by atomic mass is 35.5. The van der Waals surface area contributed by atoms with Crippen molar-refractivity contribution in [2.45, 2.75) is 18.7 Å². The van der Waals surface area contributed by atoms with E-state index in [4.69, 9.17) is 16.3 Å². The molecule has 1 heterocycles. The van der Waals surface area contributed by atoms with Crippen LogP contribution in [0.5, 0.6) is 5.75 Å². The topological polar surface area (TPSA) is 84.1 Å². The minimum atomic E-state index is -3.73. The number of sulfonamides is 1. The Morgan fingerprint density at radius 2 is 2.05 bits per heavy atom. The van der Waals surface area contributed by atoms with Crippen LogP contribution in [0.25, 0.3) is 0 Å². The molecule has 0 aliphatic heterocycles. The molecule has 6 nitrogen and oxygen atoms in total. The van der Waals surface area contributed by atoms with E-state index in [0.717, 1.165) is 5.56 Å². The average Bonchev–Trinajstić information content (AvgIpc) is 2.80. The first-order chi connectivity index (χ1) is 9.35. The molecule has 0 saturated carbocycles. The molecule has 0 fully saturated rings. The highest BCUT2D eigenvalue weighted by molar-refractivity contribution is 7.92. The number of anilines is 1. The van der Waals surface area contributed by atoms with Crippen molar-refractivity contribution in [1.29, 1.82) is 0 Å². The molecular formula is C12H14ClN3O3S. The minimum absolute atomic E-state index is 0.0900. The van der Waals surface area contributed by atoms with Crippen molar-refractivity contribution in [3.8, 4) is 5.75 Å². The van der Waals surface area contributed by atoms with E-state index >= 15 is 0 Å². The second kappa shape index (κ2) is 5.34. The van der Waals surface area contributed by atoms with Crippen LogP contribution in [0.4, 0.5) is 5.69 Å². The zero-order valence-corrected chi connectivity index (χ0v) is 12.8. The second-order valence-corrected chi connectivity index (χ2v) is 6.32. The molecule has 0 aliphatic carbocycles. The lowest BCUT2D eigenvalue weighted by Crippen LogP contribution is -2.14. The summed E-state index contributed by atoms with van der Waals surface area (Å²) in [7, 11) is -2.28. The Morgan fingerprint density at radius 3 is 2.60 bits per heavy atom. The lowest BCUT2D eigenvalue weighted by atomic mass is 10.2. The number of nitrogens with zero attached hydrogens (tertiary/aromatic N) is 1. The zero-order chi connectivity index (χ0) is 14.9. The van der Waals surface area contributed by atoms with Gasteiger partial charge in [0.2, 0.25) is 0 Å². The number of H-pyrrole nitrogens is 1. The number of ether oxygens (including phenoxy) is 1. The number of rotatable bonds is 4. The van der Waals surface area contributed by atoms with E-state index in [9.17, 15) is 8.42 Å². The van der Waals surface area contributed by atoms with Crippen molar-refractivity contribution in [1.82, 2.24) is 10.2 Å². The highest BCUT2D eigenvalue weighted by Crippen LogP contribution is 2.32. The van der Waals surface area contributed by atoms with Gasteiger partial charge < -0.3 is 4.74 Å². The van der Waals surface area contributed by atoms with Gasteiger partial charge in [0.25, 0.3) is 10.0 Å². The van der Waals surface area contributed by atoms with Crippen LogP contribution in [-0.2, 0) is 10.0 Å². The third-order valence-electron chi connectivity index (χ3n) is 2.80. The van der Waals surface area contributed by atoms with Gasteiger partial charge in [0.15, 0.2) is 0 Å². The van der Waals surface area contributed by atoms with Crippen molar-refractivity contribution in [3.05, 3.63) is 34.6 Å². The molecule has 0 atom stereocenters. The molecular weight excluding hydrogens is 302 g/mol. The maximum Gasteiger partial charge on any atom is 0.265 e. The molecule has 2 aromatic rings. The van der Waals surface area contributed by atoms with E-state index in [1.807, 2.05) is 0 Å². The number of hydrogen-bond donors (Lipinski definition) is 2. The number of hydrogen-bond acceptors (Lipinski definition) is 4. The summed E-state index contributed by atoms with van der Waals surface area (Å²) in [6.45, 7) is 3.41. The fraction of sp³-hybridized carbons (Fsp3) is 0.250.